The smallest absolute Gasteiger partial charge is 0.0191 e. The molecule has 0 aromatic carbocycles. The highest BCUT2D eigenvalue weighted by molar-refractivity contribution is 8.00. The first kappa shape index (κ1) is 9.53. The van der Waals surface area contributed by atoms with E-state index in [0.717, 1.165) is 22.6 Å². The van der Waals surface area contributed by atoms with Crippen LogP contribution in [0.5, 0.6) is 0 Å². The zero-order chi connectivity index (χ0) is 9.60. The zero-order valence-electron chi connectivity index (χ0n) is 9.09. The first-order valence-corrected chi connectivity index (χ1v) is 7.20. The van der Waals surface area contributed by atoms with Crippen LogP contribution in [0.3, 0.4) is 0 Å². The monoisotopic (exact) mass is 211 g/mol. The van der Waals surface area contributed by atoms with Gasteiger partial charge in [-0.2, -0.15) is 11.8 Å². The maximum Gasteiger partial charge on any atom is 0.0191 e. The van der Waals surface area contributed by atoms with Crippen molar-refractivity contribution in [1.82, 2.24) is 5.32 Å². The predicted molar refractivity (Wildman–Crippen MR) is 62.7 cm³/mol. The second-order valence-electron chi connectivity index (χ2n) is 5.49. The Morgan fingerprint density at radius 2 is 2.07 bits per heavy atom. The van der Waals surface area contributed by atoms with Crippen molar-refractivity contribution >= 4 is 11.8 Å². The molecule has 2 unspecified atom stereocenters. The Morgan fingerprint density at radius 3 is 2.57 bits per heavy atom. The van der Waals surface area contributed by atoms with Crippen LogP contribution in [0.4, 0.5) is 0 Å². The van der Waals surface area contributed by atoms with Gasteiger partial charge in [-0.3, -0.25) is 0 Å². The molecule has 0 amide bonds. The van der Waals surface area contributed by atoms with Crippen LogP contribution in [0.1, 0.15) is 39.0 Å². The topological polar surface area (TPSA) is 12.0 Å². The molecule has 3 aliphatic rings. The van der Waals surface area contributed by atoms with E-state index in [1.165, 1.54) is 44.4 Å². The van der Waals surface area contributed by atoms with Crippen LogP contribution in [0.2, 0.25) is 0 Å². The second-order valence-corrected chi connectivity index (χ2v) is 6.97. The molecule has 14 heavy (non-hydrogen) atoms. The van der Waals surface area contributed by atoms with Crippen molar-refractivity contribution in [1.29, 1.82) is 0 Å². The molecule has 0 spiro atoms. The Balaban J connectivity index is 1.49. The summed E-state index contributed by atoms with van der Waals surface area (Å²) in [5.74, 6) is 2.48. The van der Waals surface area contributed by atoms with E-state index in [1.54, 1.807) is 0 Å². The van der Waals surface area contributed by atoms with Gasteiger partial charge in [0, 0.05) is 17.8 Å². The molecule has 1 saturated heterocycles. The molecular formula is C12H21NS. The van der Waals surface area contributed by atoms with E-state index >= 15 is 0 Å². The molecule has 0 aromatic rings. The molecule has 2 atom stereocenters. The molecule has 1 heterocycles. The Kier molecular flexibility index (Phi) is 2.32. The van der Waals surface area contributed by atoms with Crippen LogP contribution in [0.15, 0.2) is 0 Å². The van der Waals surface area contributed by atoms with E-state index < -0.39 is 0 Å². The lowest BCUT2D eigenvalue weighted by Gasteiger charge is -2.21. The summed E-state index contributed by atoms with van der Waals surface area (Å²) in [5, 5.41) is 4.69. The standard InChI is InChI=1S/C12H21NS/c1-9-11(4-7-14-9)13-8-12(5-6-12)10-2-3-10/h9-11,13H,2-8H2,1H3. The average Bonchev–Trinajstić information content (AvgIpc) is 3.04. The van der Waals surface area contributed by atoms with Crippen LogP contribution < -0.4 is 5.32 Å². The molecule has 2 aliphatic carbocycles. The average molecular weight is 211 g/mol. The summed E-state index contributed by atoms with van der Waals surface area (Å²) >= 11 is 2.14. The first-order valence-electron chi connectivity index (χ1n) is 6.15. The number of rotatable bonds is 4. The Bertz CT molecular complexity index is 220. The predicted octanol–water partition coefficient (Wildman–Crippen LogP) is 2.66. The highest BCUT2D eigenvalue weighted by Crippen LogP contribution is 2.60. The third-order valence-corrected chi connectivity index (χ3v) is 5.75. The summed E-state index contributed by atoms with van der Waals surface area (Å²) in [6.45, 7) is 3.71. The van der Waals surface area contributed by atoms with Gasteiger partial charge in [0.2, 0.25) is 0 Å². The molecule has 80 valence electrons. The molecule has 3 rings (SSSR count). The SMILES string of the molecule is CC1SCCC1NCC1(C2CC2)CC1. The maximum atomic E-state index is 3.83. The minimum atomic E-state index is 0.785. The van der Waals surface area contributed by atoms with Crippen molar-refractivity contribution < 1.29 is 0 Å². The lowest BCUT2D eigenvalue weighted by atomic mass is 10.00. The molecular weight excluding hydrogens is 190 g/mol. The fourth-order valence-electron chi connectivity index (χ4n) is 2.92. The van der Waals surface area contributed by atoms with E-state index in [2.05, 4.69) is 24.0 Å². The van der Waals surface area contributed by atoms with Crippen LogP contribution >= 0.6 is 11.8 Å². The molecule has 1 nitrogen and oxygen atoms in total. The van der Waals surface area contributed by atoms with Gasteiger partial charge < -0.3 is 5.32 Å². The largest absolute Gasteiger partial charge is 0.312 e. The van der Waals surface area contributed by atoms with Gasteiger partial charge >= 0.3 is 0 Å². The van der Waals surface area contributed by atoms with Crippen molar-refractivity contribution in [3.8, 4) is 0 Å². The summed E-state index contributed by atoms with van der Waals surface area (Å²) in [6.07, 6.45) is 7.47. The van der Waals surface area contributed by atoms with Crippen molar-refractivity contribution in [2.75, 3.05) is 12.3 Å². The quantitative estimate of drug-likeness (QED) is 0.767. The van der Waals surface area contributed by atoms with E-state index in [9.17, 15) is 0 Å². The lowest BCUT2D eigenvalue weighted by molar-refractivity contribution is 0.370. The zero-order valence-corrected chi connectivity index (χ0v) is 9.91. The maximum absolute atomic E-state index is 3.83. The van der Waals surface area contributed by atoms with Gasteiger partial charge in [-0.15, -0.1) is 0 Å². The van der Waals surface area contributed by atoms with Crippen molar-refractivity contribution in [3.63, 3.8) is 0 Å². The third kappa shape index (κ3) is 1.71. The highest BCUT2D eigenvalue weighted by atomic mass is 32.2. The second kappa shape index (κ2) is 3.41. The van der Waals surface area contributed by atoms with Crippen LogP contribution in [0.25, 0.3) is 0 Å². The van der Waals surface area contributed by atoms with Gasteiger partial charge in [-0.05, 0) is 49.2 Å². The summed E-state index contributed by atoms with van der Waals surface area (Å²) in [4.78, 5) is 0. The van der Waals surface area contributed by atoms with E-state index in [0.29, 0.717) is 0 Å². The van der Waals surface area contributed by atoms with Gasteiger partial charge in [-0.1, -0.05) is 6.92 Å². The van der Waals surface area contributed by atoms with Gasteiger partial charge in [0.05, 0.1) is 0 Å². The fourth-order valence-corrected chi connectivity index (χ4v) is 4.15. The van der Waals surface area contributed by atoms with Gasteiger partial charge in [0.25, 0.3) is 0 Å². The Labute approximate surface area is 91.4 Å². The molecule has 0 bridgehead atoms. The molecule has 2 saturated carbocycles. The third-order valence-electron chi connectivity index (χ3n) is 4.43. The van der Waals surface area contributed by atoms with Crippen molar-refractivity contribution in [2.45, 2.75) is 50.3 Å². The summed E-state index contributed by atoms with van der Waals surface area (Å²) < 4.78 is 0. The van der Waals surface area contributed by atoms with E-state index in [4.69, 9.17) is 0 Å². The first-order chi connectivity index (χ1) is 6.80. The minimum absolute atomic E-state index is 0.785. The lowest BCUT2D eigenvalue weighted by Crippen LogP contribution is -2.38. The normalized spacial score (nSPS) is 40.1. The molecule has 0 radical (unpaired) electrons. The van der Waals surface area contributed by atoms with Gasteiger partial charge in [0.1, 0.15) is 0 Å². The van der Waals surface area contributed by atoms with E-state index in [1.807, 2.05) is 0 Å². The molecule has 0 aromatic heterocycles. The van der Waals surface area contributed by atoms with Crippen LogP contribution in [-0.2, 0) is 0 Å². The van der Waals surface area contributed by atoms with Crippen LogP contribution in [0, 0.1) is 11.3 Å². The summed E-state index contributed by atoms with van der Waals surface area (Å²) in [7, 11) is 0. The van der Waals surface area contributed by atoms with Gasteiger partial charge in [-0.25, -0.2) is 0 Å². The Morgan fingerprint density at radius 1 is 1.29 bits per heavy atom. The van der Waals surface area contributed by atoms with Crippen molar-refractivity contribution in [3.05, 3.63) is 0 Å². The molecule has 1 N–H and O–H groups in total. The highest BCUT2D eigenvalue weighted by Gasteiger charge is 2.53. The summed E-state index contributed by atoms with van der Waals surface area (Å²) in [5.41, 5.74) is 0.785. The number of hydrogen-bond donors (Lipinski definition) is 1. The van der Waals surface area contributed by atoms with Crippen molar-refractivity contribution in [2.24, 2.45) is 11.3 Å². The fraction of sp³-hybridized carbons (Fsp3) is 1.00. The molecule has 3 fully saturated rings. The number of nitrogens with one attached hydrogen (secondary N) is 1. The van der Waals surface area contributed by atoms with E-state index in [-0.39, 0.29) is 0 Å². The minimum Gasteiger partial charge on any atom is -0.312 e. The number of thioether (sulfide) groups is 1. The summed E-state index contributed by atoms with van der Waals surface area (Å²) in [6, 6.07) is 0.816. The Hall–Kier alpha value is 0.310. The molecule has 1 aliphatic heterocycles. The van der Waals surface area contributed by atoms with Gasteiger partial charge in [0.15, 0.2) is 0 Å². The molecule has 2 heteroatoms. The number of hydrogen-bond acceptors (Lipinski definition) is 2. The van der Waals surface area contributed by atoms with Crippen LogP contribution in [-0.4, -0.2) is 23.6 Å².